The molecule has 1 heterocycles. The van der Waals surface area contributed by atoms with Crippen LogP contribution in [0.2, 0.25) is 0 Å². The maximum absolute atomic E-state index is 12.1. The van der Waals surface area contributed by atoms with E-state index in [1.54, 1.807) is 0 Å². The average Bonchev–Trinajstić information content (AvgIpc) is 2.66. The highest BCUT2D eigenvalue weighted by atomic mass is 16.5. The van der Waals surface area contributed by atoms with E-state index in [1.165, 1.54) is 5.56 Å². The Hall–Kier alpha value is -2.53. The van der Waals surface area contributed by atoms with Gasteiger partial charge in [0.1, 0.15) is 12.4 Å². The van der Waals surface area contributed by atoms with Crippen LogP contribution in [0.25, 0.3) is 0 Å². The van der Waals surface area contributed by atoms with Gasteiger partial charge in [0.05, 0.1) is 6.04 Å². The molecule has 0 bridgehead atoms. The monoisotopic (exact) mass is 353 g/mol. The topological polar surface area (TPSA) is 53.6 Å². The van der Waals surface area contributed by atoms with Crippen LogP contribution in [0.1, 0.15) is 17.5 Å². The van der Waals surface area contributed by atoms with Crippen LogP contribution in [0.3, 0.4) is 0 Å². The van der Waals surface area contributed by atoms with Crippen LogP contribution in [0.15, 0.2) is 54.6 Å². The molecule has 1 aliphatic rings. The predicted octanol–water partition coefficient (Wildman–Crippen LogP) is 2.81. The van der Waals surface area contributed by atoms with Crippen molar-refractivity contribution in [3.05, 3.63) is 65.7 Å². The minimum absolute atomic E-state index is 0.0191. The van der Waals surface area contributed by atoms with E-state index in [0.29, 0.717) is 13.2 Å². The van der Waals surface area contributed by atoms with Gasteiger partial charge in [-0.1, -0.05) is 48.5 Å². The van der Waals surface area contributed by atoms with Crippen LogP contribution in [-0.2, 0) is 13.0 Å². The van der Waals surface area contributed by atoms with Gasteiger partial charge in [0.2, 0.25) is 0 Å². The number of urea groups is 1. The lowest BCUT2D eigenvalue weighted by Gasteiger charge is -2.26. The fourth-order valence-electron chi connectivity index (χ4n) is 3.18. The summed E-state index contributed by atoms with van der Waals surface area (Å²) in [4.78, 5) is 14.3. The van der Waals surface area contributed by atoms with Gasteiger partial charge in [-0.3, -0.25) is 0 Å². The van der Waals surface area contributed by atoms with Crippen molar-refractivity contribution in [2.24, 2.45) is 0 Å². The summed E-state index contributed by atoms with van der Waals surface area (Å²) in [7, 11) is 2.10. The number of fused-ring (bicyclic) bond motifs is 1. The number of carbonyl (C=O) groups is 1. The fraction of sp³-hybridized carbons (Fsp3) is 0.381. The van der Waals surface area contributed by atoms with Gasteiger partial charge >= 0.3 is 6.03 Å². The van der Waals surface area contributed by atoms with Crippen LogP contribution < -0.4 is 15.4 Å². The zero-order valence-electron chi connectivity index (χ0n) is 15.3. The zero-order valence-corrected chi connectivity index (χ0v) is 15.3. The van der Waals surface area contributed by atoms with E-state index in [4.69, 9.17) is 4.74 Å². The van der Waals surface area contributed by atoms with Gasteiger partial charge in [0.15, 0.2) is 0 Å². The molecular formula is C21H27N3O2. The Kier molecular flexibility index (Phi) is 6.50. The molecule has 3 rings (SSSR count). The smallest absolute Gasteiger partial charge is 0.315 e. The number of hydrogen-bond acceptors (Lipinski definition) is 3. The van der Waals surface area contributed by atoms with Crippen molar-refractivity contribution in [3.8, 4) is 5.75 Å². The quantitative estimate of drug-likeness (QED) is 0.753. The van der Waals surface area contributed by atoms with E-state index in [2.05, 4.69) is 46.8 Å². The maximum atomic E-state index is 12.1. The molecule has 0 aliphatic carbocycles. The first-order valence-corrected chi connectivity index (χ1v) is 9.18. The second kappa shape index (κ2) is 9.25. The molecule has 0 radical (unpaired) electrons. The molecule has 2 aromatic carbocycles. The highest BCUT2D eigenvalue weighted by Gasteiger charge is 2.20. The van der Waals surface area contributed by atoms with E-state index in [9.17, 15) is 4.79 Å². The van der Waals surface area contributed by atoms with Crippen molar-refractivity contribution in [3.63, 3.8) is 0 Å². The van der Waals surface area contributed by atoms with E-state index in [1.807, 2.05) is 30.3 Å². The van der Waals surface area contributed by atoms with Crippen molar-refractivity contribution in [2.75, 3.05) is 26.7 Å². The third kappa shape index (κ3) is 5.49. The first kappa shape index (κ1) is 18.3. The minimum Gasteiger partial charge on any atom is -0.491 e. The van der Waals surface area contributed by atoms with Crippen LogP contribution in [0.5, 0.6) is 5.75 Å². The molecule has 2 N–H and O–H groups in total. The Morgan fingerprint density at radius 2 is 1.92 bits per heavy atom. The lowest BCUT2D eigenvalue weighted by Crippen LogP contribution is -2.47. The molecule has 1 unspecified atom stereocenters. The average molecular weight is 353 g/mol. The first-order valence-electron chi connectivity index (χ1n) is 9.18. The molecule has 0 spiro atoms. The molecule has 1 aliphatic heterocycles. The Balaban J connectivity index is 1.31. The summed E-state index contributed by atoms with van der Waals surface area (Å²) in [6, 6.07) is 18.3. The van der Waals surface area contributed by atoms with E-state index >= 15 is 0 Å². The fourth-order valence-corrected chi connectivity index (χ4v) is 3.18. The number of rotatable bonds is 7. The maximum Gasteiger partial charge on any atom is 0.315 e. The molecule has 2 aromatic rings. The highest BCUT2D eigenvalue weighted by molar-refractivity contribution is 5.74. The Bertz CT molecular complexity index is 705. The van der Waals surface area contributed by atoms with Crippen molar-refractivity contribution >= 4 is 6.03 Å². The molecule has 138 valence electrons. The highest BCUT2D eigenvalue weighted by Crippen LogP contribution is 2.23. The van der Waals surface area contributed by atoms with E-state index < -0.39 is 0 Å². The molecule has 0 saturated heterocycles. The molecule has 0 saturated carbocycles. The number of ether oxygens (including phenoxy) is 1. The number of amides is 2. The van der Waals surface area contributed by atoms with Crippen LogP contribution in [-0.4, -0.2) is 43.7 Å². The number of para-hydroxylation sites is 1. The zero-order chi connectivity index (χ0) is 18.2. The standard InChI is InChI=1S/C21H27N3O2/c1-24(15-17-8-3-2-4-9-17)13-7-12-22-21(25)23-19-14-18-10-5-6-11-20(18)26-16-19/h2-6,8-11,19H,7,12-16H2,1H3,(H2,22,23,25). The Morgan fingerprint density at radius 3 is 2.77 bits per heavy atom. The predicted molar refractivity (Wildman–Crippen MR) is 103 cm³/mol. The molecule has 26 heavy (non-hydrogen) atoms. The first-order chi connectivity index (χ1) is 12.7. The third-order valence-electron chi connectivity index (χ3n) is 4.51. The minimum atomic E-state index is -0.122. The molecule has 5 heteroatoms. The largest absolute Gasteiger partial charge is 0.491 e. The molecular weight excluding hydrogens is 326 g/mol. The summed E-state index contributed by atoms with van der Waals surface area (Å²) in [6.45, 7) is 3.04. The van der Waals surface area contributed by atoms with Crippen molar-refractivity contribution in [2.45, 2.75) is 25.4 Å². The van der Waals surface area contributed by atoms with Gasteiger partial charge < -0.3 is 20.3 Å². The van der Waals surface area contributed by atoms with Crippen LogP contribution in [0.4, 0.5) is 4.79 Å². The second-order valence-electron chi connectivity index (χ2n) is 6.80. The number of nitrogens with zero attached hydrogens (tertiary/aromatic N) is 1. The van der Waals surface area contributed by atoms with Gasteiger partial charge in [0.25, 0.3) is 0 Å². The van der Waals surface area contributed by atoms with Gasteiger partial charge in [0, 0.05) is 13.1 Å². The summed E-state index contributed by atoms with van der Waals surface area (Å²) >= 11 is 0. The summed E-state index contributed by atoms with van der Waals surface area (Å²) in [5.74, 6) is 0.924. The van der Waals surface area contributed by atoms with Crippen molar-refractivity contribution in [1.82, 2.24) is 15.5 Å². The number of benzene rings is 2. The number of nitrogens with one attached hydrogen (secondary N) is 2. The summed E-state index contributed by atoms with van der Waals surface area (Å²) in [5, 5.41) is 5.94. The van der Waals surface area contributed by atoms with E-state index in [-0.39, 0.29) is 12.1 Å². The Labute approximate surface area is 155 Å². The summed E-state index contributed by atoms with van der Waals surface area (Å²) < 4.78 is 5.70. The lowest BCUT2D eigenvalue weighted by atomic mass is 10.0. The van der Waals surface area contributed by atoms with Gasteiger partial charge in [-0.2, -0.15) is 0 Å². The van der Waals surface area contributed by atoms with Gasteiger partial charge in [-0.15, -0.1) is 0 Å². The molecule has 2 amide bonds. The SMILES string of the molecule is CN(CCCNC(=O)NC1COc2ccccc2C1)Cc1ccccc1. The number of hydrogen-bond donors (Lipinski definition) is 2. The van der Waals surface area contributed by atoms with E-state index in [0.717, 1.165) is 37.2 Å². The normalized spacial score (nSPS) is 15.8. The summed E-state index contributed by atoms with van der Waals surface area (Å²) in [6.07, 6.45) is 1.73. The molecule has 5 nitrogen and oxygen atoms in total. The second-order valence-corrected chi connectivity index (χ2v) is 6.80. The van der Waals surface area contributed by atoms with Gasteiger partial charge in [-0.05, 0) is 43.6 Å². The molecule has 0 aromatic heterocycles. The Morgan fingerprint density at radius 1 is 1.15 bits per heavy atom. The third-order valence-corrected chi connectivity index (χ3v) is 4.51. The summed E-state index contributed by atoms with van der Waals surface area (Å²) in [5.41, 5.74) is 2.45. The van der Waals surface area contributed by atoms with Crippen molar-refractivity contribution in [1.29, 1.82) is 0 Å². The van der Waals surface area contributed by atoms with Crippen LogP contribution >= 0.6 is 0 Å². The van der Waals surface area contributed by atoms with Gasteiger partial charge in [-0.25, -0.2) is 4.79 Å². The molecule has 1 atom stereocenters. The molecule has 0 fully saturated rings. The number of carbonyl (C=O) groups excluding carboxylic acids is 1. The van der Waals surface area contributed by atoms with Crippen LogP contribution in [0, 0.1) is 0 Å². The lowest BCUT2D eigenvalue weighted by molar-refractivity contribution is 0.214. The van der Waals surface area contributed by atoms with Crippen molar-refractivity contribution < 1.29 is 9.53 Å².